The van der Waals surface area contributed by atoms with Crippen LogP contribution < -0.4 is 4.90 Å². The van der Waals surface area contributed by atoms with E-state index in [4.69, 9.17) is 0 Å². The molecule has 0 saturated heterocycles. The Morgan fingerprint density at radius 3 is 2.25 bits per heavy atom. The normalized spacial score (nSPS) is 12.2. The largest absolute Gasteiger partial charge is 0.389 e. The van der Waals surface area contributed by atoms with E-state index in [1.54, 1.807) is 42.2 Å². The van der Waals surface area contributed by atoms with E-state index in [1.807, 2.05) is 6.92 Å². The number of hydrogen-bond donors (Lipinski definition) is 1. The van der Waals surface area contributed by atoms with Crippen LogP contribution in [0.1, 0.15) is 25.5 Å². The highest BCUT2D eigenvalue weighted by Crippen LogP contribution is 2.31. The van der Waals surface area contributed by atoms with Gasteiger partial charge in [0.1, 0.15) is 11.6 Å². The Morgan fingerprint density at radius 2 is 1.70 bits per heavy atom. The number of aliphatic hydroxyl groups is 1. The predicted molar refractivity (Wildman–Crippen MR) is 76.1 cm³/mol. The predicted octanol–water partition coefficient (Wildman–Crippen LogP) is 4.18. The average Bonchev–Trinajstić information content (AvgIpc) is 2.43. The highest BCUT2D eigenvalue weighted by Gasteiger charge is 2.16. The number of rotatable bonds is 4. The number of aliphatic hydroxyl groups excluding tert-OH is 1. The van der Waals surface area contributed by atoms with Crippen molar-refractivity contribution in [2.75, 3.05) is 11.4 Å². The summed E-state index contributed by atoms with van der Waals surface area (Å²) < 4.78 is 28.0. The van der Waals surface area contributed by atoms with Crippen LogP contribution in [0.4, 0.5) is 20.2 Å². The zero-order chi connectivity index (χ0) is 14.7. The van der Waals surface area contributed by atoms with Gasteiger partial charge in [0.05, 0.1) is 17.5 Å². The van der Waals surface area contributed by atoms with E-state index in [9.17, 15) is 13.9 Å². The Kier molecular flexibility index (Phi) is 4.35. The maximum absolute atomic E-state index is 14.2. The fourth-order valence-corrected chi connectivity index (χ4v) is 2.14. The fraction of sp³-hybridized carbons (Fsp3) is 0.250. The van der Waals surface area contributed by atoms with Crippen LogP contribution in [0.15, 0.2) is 42.5 Å². The van der Waals surface area contributed by atoms with Gasteiger partial charge >= 0.3 is 0 Å². The summed E-state index contributed by atoms with van der Waals surface area (Å²) in [4.78, 5) is 1.57. The average molecular weight is 277 g/mol. The molecule has 0 heterocycles. The Balaban J connectivity index is 2.45. The van der Waals surface area contributed by atoms with E-state index in [1.165, 1.54) is 12.1 Å². The van der Waals surface area contributed by atoms with Crippen molar-refractivity contribution < 1.29 is 13.9 Å². The first-order valence-electron chi connectivity index (χ1n) is 6.54. The van der Waals surface area contributed by atoms with Gasteiger partial charge in [-0.05, 0) is 43.7 Å². The van der Waals surface area contributed by atoms with E-state index in [2.05, 4.69) is 0 Å². The van der Waals surface area contributed by atoms with Gasteiger partial charge in [-0.1, -0.05) is 18.2 Å². The lowest BCUT2D eigenvalue weighted by Gasteiger charge is -2.24. The van der Waals surface area contributed by atoms with Crippen LogP contribution in [-0.2, 0) is 0 Å². The Labute approximate surface area is 117 Å². The molecule has 0 bridgehead atoms. The first-order chi connectivity index (χ1) is 9.54. The maximum atomic E-state index is 14.2. The molecule has 4 heteroatoms. The molecule has 0 spiro atoms. The number of halogens is 2. The Hall–Kier alpha value is -1.94. The molecule has 2 rings (SSSR count). The highest BCUT2D eigenvalue weighted by molar-refractivity contribution is 5.64. The van der Waals surface area contributed by atoms with E-state index >= 15 is 0 Å². The van der Waals surface area contributed by atoms with Crippen molar-refractivity contribution in [3.05, 3.63) is 59.7 Å². The number of anilines is 2. The van der Waals surface area contributed by atoms with Crippen LogP contribution in [-0.4, -0.2) is 11.7 Å². The second-order valence-electron chi connectivity index (χ2n) is 4.58. The lowest BCUT2D eigenvalue weighted by Crippen LogP contribution is -2.18. The van der Waals surface area contributed by atoms with Gasteiger partial charge < -0.3 is 10.0 Å². The quantitative estimate of drug-likeness (QED) is 0.906. The van der Waals surface area contributed by atoms with Gasteiger partial charge in [-0.3, -0.25) is 0 Å². The third-order valence-electron chi connectivity index (χ3n) is 3.20. The third kappa shape index (κ3) is 2.80. The van der Waals surface area contributed by atoms with E-state index in [0.717, 1.165) is 0 Å². The topological polar surface area (TPSA) is 23.5 Å². The monoisotopic (exact) mass is 277 g/mol. The summed E-state index contributed by atoms with van der Waals surface area (Å²) in [6, 6.07) is 10.8. The molecule has 1 atom stereocenters. The van der Waals surface area contributed by atoms with Crippen LogP contribution in [0.25, 0.3) is 0 Å². The van der Waals surface area contributed by atoms with Gasteiger partial charge in [0.25, 0.3) is 0 Å². The van der Waals surface area contributed by atoms with Crippen LogP contribution in [0, 0.1) is 11.6 Å². The van der Waals surface area contributed by atoms with E-state index in [0.29, 0.717) is 23.5 Å². The van der Waals surface area contributed by atoms with Gasteiger partial charge in [0.15, 0.2) is 0 Å². The maximum Gasteiger partial charge on any atom is 0.147 e. The van der Waals surface area contributed by atoms with Gasteiger partial charge in [0, 0.05) is 6.54 Å². The highest BCUT2D eigenvalue weighted by atomic mass is 19.1. The van der Waals surface area contributed by atoms with Crippen molar-refractivity contribution in [1.29, 1.82) is 0 Å². The van der Waals surface area contributed by atoms with Crippen LogP contribution in [0.3, 0.4) is 0 Å². The van der Waals surface area contributed by atoms with Crippen LogP contribution in [0.5, 0.6) is 0 Å². The molecule has 0 aliphatic carbocycles. The molecule has 2 aromatic carbocycles. The first kappa shape index (κ1) is 14.5. The van der Waals surface area contributed by atoms with E-state index in [-0.39, 0.29) is 0 Å². The standard InChI is InChI=1S/C16H17F2NO/c1-3-19(15-7-5-4-6-13(15)17)16-9-8-12(11(2)20)10-14(16)18/h4-11,20H,3H2,1-2H3/t11-/m0/s1. The van der Waals surface area contributed by atoms with Gasteiger partial charge in [-0.15, -0.1) is 0 Å². The molecular weight excluding hydrogens is 260 g/mol. The minimum atomic E-state index is -0.734. The van der Waals surface area contributed by atoms with Gasteiger partial charge in [-0.25, -0.2) is 8.78 Å². The molecule has 2 aromatic rings. The molecular formula is C16H17F2NO. The molecule has 0 saturated carbocycles. The summed E-state index contributed by atoms with van der Waals surface area (Å²) in [5.74, 6) is -0.873. The lowest BCUT2D eigenvalue weighted by atomic mass is 10.1. The molecule has 2 nitrogen and oxygen atoms in total. The molecule has 0 amide bonds. The molecule has 0 aliphatic heterocycles. The van der Waals surface area contributed by atoms with Gasteiger partial charge in [0.2, 0.25) is 0 Å². The minimum absolute atomic E-state index is 0.294. The number of para-hydroxylation sites is 1. The summed E-state index contributed by atoms with van der Waals surface area (Å²) in [6.07, 6.45) is -0.734. The summed E-state index contributed by atoms with van der Waals surface area (Å²) in [5, 5.41) is 9.46. The second kappa shape index (κ2) is 6.01. The number of benzene rings is 2. The zero-order valence-corrected chi connectivity index (χ0v) is 11.5. The van der Waals surface area contributed by atoms with E-state index < -0.39 is 17.7 Å². The molecule has 0 aromatic heterocycles. The second-order valence-corrected chi connectivity index (χ2v) is 4.58. The minimum Gasteiger partial charge on any atom is -0.389 e. The van der Waals surface area contributed by atoms with Crippen LogP contribution >= 0.6 is 0 Å². The Morgan fingerprint density at radius 1 is 1.05 bits per heavy atom. The van der Waals surface area contributed by atoms with Gasteiger partial charge in [-0.2, -0.15) is 0 Å². The third-order valence-corrected chi connectivity index (χ3v) is 3.20. The molecule has 106 valence electrons. The van der Waals surface area contributed by atoms with Crippen molar-refractivity contribution in [2.24, 2.45) is 0 Å². The molecule has 0 aliphatic rings. The summed E-state index contributed by atoms with van der Waals surface area (Å²) >= 11 is 0. The number of hydrogen-bond acceptors (Lipinski definition) is 2. The van der Waals surface area contributed by atoms with Crippen molar-refractivity contribution in [3.63, 3.8) is 0 Å². The SMILES string of the molecule is CCN(c1ccccc1F)c1ccc([C@H](C)O)cc1F. The molecule has 0 radical (unpaired) electrons. The zero-order valence-electron chi connectivity index (χ0n) is 11.5. The fourth-order valence-electron chi connectivity index (χ4n) is 2.14. The van der Waals surface area contributed by atoms with Crippen molar-refractivity contribution in [2.45, 2.75) is 20.0 Å². The lowest BCUT2D eigenvalue weighted by molar-refractivity contribution is 0.199. The molecule has 0 fully saturated rings. The molecule has 1 N–H and O–H groups in total. The number of nitrogens with zero attached hydrogens (tertiary/aromatic N) is 1. The molecule has 0 unspecified atom stereocenters. The summed E-state index contributed by atoms with van der Waals surface area (Å²) in [7, 11) is 0. The van der Waals surface area contributed by atoms with Crippen molar-refractivity contribution in [3.8, 4) is 0 Å². The summed E-state index contributed by atoms with van der Waals surface area (Å²) in [6.45, 7) is 3.84. The first-order valence-corrected chi connectivity index (χ1v) is 6.54. The van der Waals surface area contributed by atoms with Crippen molar-refractivity contribution in [1.82, 2.24) is 0 Å². The Bertz CT molecular complexity index is 599. The smallest absolute Gasteiger partial charge is 0.147 e. The van der Waals surface area contributed by atoms with Crippen molar-refractivity contribution >= 4 is 11.4 Å². The van der Waals surface area contributed by atoms with Crippen LogP contribution in [0.2, 0.25) is 0 Å². The summed E-state index contributed by atoms with van der Waals surface area (Å²) in [5.41, 5.74) is 1.12. The molecule has 20 heavy (non-hydrogen) atoms.